The molecule has 2 rings (SSSR count). The summed E-state index contributed by atoms with van der Waals surface area (Å²) in [5, 5.41) is 2.87. The van der Waals surface area contributed by atoms with Crippen LogP contribution in [0.3, 0.4) is 0 Å². The zero-order valence-electron chi connectivity index (χ0n) is 12.9. The van der Waals surface area contributed by atoms with Gasteiger partial charge in [-0.2, -0.15) is 0 Å². The fourth-order valence-electron chi connectivity index (χ4n) is 2.19. The zero-order chi connectivity index (χ0) is 15.9. The Morgan fingerprint density at radius 2 is 1.95 bits per heavy atom. The first-order valence-corrected chi connectivity index (χ1v) is 8.05. The van der Waals surface area contributed by atoms with E-state index in [0.717, 1.165) is 21.3 Å². The standard InChI is InChI=1S/C18H20BrNO2/c1-13-7-8-17(14(2)11-13)22-10-9-20-18(21)12-15-5-3-4-6-16(15)19/h3-8,11H,9-10,12H2,1-2H3,(H,20,21). The predicted molar refractivity (Wildman–Crippen MR) is 92.3 cm³/mol. The average molecular weight is 362 g/mol. The molecule has 3 nitrogen and oxygen atoms in total. The number of carbonyl (C=O) groups excluding carboxylic acids is 1. The molecule has 1 N–H and O–H groups in total. The normalized spacial score (nSPS) is 10.3. The molecule has 0 fully saturated rings. The van der Waals surface area contributed by atoms with Gasteiger partial charge in [0.1, 0.15) is 12.4 Å². The fraction of sp³-hybridized carbons (Fsp3) is 0.278. The highest BCUT2D eigenvalue weighted by molar-refractivity contribution is 9.10. The first-order chi connectivity index (χ1) is 10.6. The van der Waals surface area contributed by atoms with Gasteiger partial charge in [0.2, 0.25) is 5.91 Å². The Labute approximate surface area is 139 Å². The number of nitrogens with one attached hydrogen (secondary N) is 1. The summed E-state index contributed by atoms with van der Waals surface area (Å²) in [6.07, 6.45) is 0.366. The maximum absolute atomic E-state index is 11.9. The molecule has 0 spiro atoms. The van der Waals surface area contributed by atoms with E-state index in [0.29, 0.717) is 19.6 Å². The molecule has 0 aliphatic carbocycles. The first kappa shape index (κ1) is 16.6. The predicted octanol–water partition coefficient (Wildman–Crippen LogP) is 3.80. The minimum Gasteiger partial charge on any atom is -0.491 e. The molecule has 22 heavy (non-hydrogen) atoms. The summed E-state index contributed by atoms with van der Waals surface area (Å²) in [6, 6.07) is 13.8. The van der Waals surface area contributed by atoms with Crippen LogP contribution in [0.4, 0.5) is 0 Å². The van der Waals surface area contributed by atoms with Gasteiger partial charge in [0.25, 0.3) is 0 Å². The molecule has 1 amide bonds. The van der Waals surface area contributed by atoms with Crippen molar-refractivity contribution in [1.82, 2.24) is 5.32 Å². The summed E-state index contributed by atoms with van der Waals surface area (Å²) in [7, 11) is 0. The van der Waals surface area contributed by atoms with Crippen LogP contribution in [0.5, 0.6) is 5.75 Å². The van der Waals surface area contributed by atoms with E-state index in [9.17, 15) is 4.79 Å². The number of aryl methyl sites for hydroxylation is 2. The quantitative estimate of drug-likeness (QED) is 0.794. The molecule has 0 radical (unpaired) electrons. The van der Waals surface area contributed by atoms with Crippen LogP contribution in [-0.4, -0.2) is 19.1 Å². The van der Waals surface area contributed by atoms with Gasteiger partial charge in [-0.1, -0.05) is 51.8 Å². The van der Waals surface area contributed by atoms with E-state index < -0.39 is 0 Å². The summed E-state index contributed by atoms with van der Waals surface area (Å²) in [6.45, 7) is 5.04. The fourth-order valence-corrected chi connectivity index (χ4v) is 2.61. The molecule has 2 aromatic rings. The lowest BCUT2D eigenvalue weighted by Gasteiger charge is -2.11. The van der Waals surface area contributed by atoms with Crippen molar-refractivity contribution in [2.75, 3.05) is 13.2 Å². The monoisotopic (exact) mass is 361 g/mol. The highest BCUT2D eigenvalue weighted by atomic mass is 79.9. The van der Waals surface area contributed by atoms with Gasteiger partial charge in [0, 0.05) is 4.47 Å². The van der Waals surface area contributed by atoms with Crippen molar-refractivity contribution >= 4 is 21.8 Å². The summed E-state index contributed by atoms with van der Waals surface area (Å²) in [4.78, 5) is 11.9. The van der Waals surface area contributed by atoms with E-state index in [1.54, 1.807) is 0 Å². The van der Waals surface area contributed by atoms with E-state index >= 15 is 0 Å². The molecule has 0 unspecified atom stereocenters. The van der Waals surface area contributed by atoms with Gasteiger partial charge in [0.15, 0.2) is 0 Å². The molecule has 4 heteroatoms. The highest BCUT2D eigenvalue weighted by Gasteiger charge is 2.06. The Morgan fingerprint density at radius 3 is 2.68 bits per heavy atom. The molecule has 116 valence electrons. The van der Waals surface area contributed by atoms with Crippen LogP contribution in [0, 0.1) is 13.8 Å². The van der Waals surface area contributed by atoms with Gasteiger partial charge in [-0.25, -0.2) is 0 Å². The van der Waals surface area contributed by atoms with Gasteiger partial charge < -0.3 is 10.1 Å². The molecule has 0 aliphatic heterocycles. The Kier molecular flexibility index (Phi) is 6.01. The molecule has 0 saturated carbocycles. The van der Waals surface area contributed by atoms with Crippen LogP contribution in [-0.2, 0) is 11.2 Å². The lowest BCUT2D eigenvalue weighted by Crippen LogP contribution is -2.29. The third-order valence-electron chi connectivity index (χ3n) is 3.32. The van der Waals surface area contributed by atoms with Crippen molar-refractivity contribution in [2.24, 2.45) is 0 Å². The third kappa shape index (κ3) is 4.88. The van der Waals surface area contributed by atoms with Crippen molar-refractivity contribution < 1.29 is 9.53 Å². The molecule has 0 atom stereocenters. The molecule has 0 heterocycles. The number of hydrogen-bond donors (Lipinski definition) is 1. The lowest BCUT2D eigenvalue weighted by atomic mass is 10.1. The van der Waals surface area contributed by atoms with Crippen LogP contribution < -0.4 is 10.1 Å². The molecular formula is C18H20BrNO2. The second-order valence-corrected chi connectivity index (χ2v) is 6.09. The van der Waals surface area contributed by atoms with E-state index in [1.807, 2.05) is 43.3 Å². The van der Waals surface area contributed by atoms with Crippen LogP contribution in [0.25, 0.3) is 0 Å². The smallest absolute Gasteiger partial charge is 0.224 e. The van der Waals surface area contributed by atoms with Gasteiger partial charge in [-0.3, -0.25) is 4.79 Å². The summed E-state index contributed by atoms with van der Waals surface area (Å²) < 4.78 is 6.65. The van der Waals surface area contributed by atoms with E-state index in [2.05, 4.69) is 34.2 Å². The Bertz CT molecular complexity index is 655. The maximum Gasteiger partial charge on any atom is 0.224 e. The molecule has 0 aromatic heterocycles. The first-order valence-electron chi connectivity index (χ1n) is 7.26. The number of halogens is 1. The molecule has 0 aliphatic rings. The number of rotatable bonds is 6. The Balaban J connectivity index is 1.74. The van der Waals surface area contributed by atoms with Crippen molar-refractivity contribution in [1.29, 1.82) is 0 Å². The Morgan fingerprint density at radius 1 is 1.18 bits per heavy atom. The third-order valence-corrected chi connectivity index (χ3v) is 4.09. The van der Waals surface area contributed by atoms with Gasteiger partial charge in [0.05, 0.1) is 13.0 Å². The van der Waals surface area contributed by atoms with Crippen molar-refractivity contribution in [3.05, 3.63) is 63.6 Å². The van der Waals surface area contributed by atoms with E-state index in [-0.39, 0.29) is 5.91 Å². The van der Waals surface area contributed by atoms with Gasteiger partial charge in [-0.05, 0) is 37.1 Å². The molecule has 0 saturated heterocycles. The van der Waals surface area contributed by atoms with Crippen LogP contribution in [0.1, 0.15) is 16.7 Å². The minimum atomic E-state index is -0.00359. The van der Waals surface area contributed by atoms with E-state index in [4.69, 9.17) is 4.74 Å². The topological polar surface area (TPSA) is 38.3 Å². The van der Waals surface area contributed by atoms with Crippen molar-refractivity contribution in [2.45, 2.75) is 20.3 Å². The van der Waals surface area contributed by atoms with Crippen molar-refractivity contribution in [3.63, 3.8) is 0 Å². The lowest BCUT2D eigenvalue weighted by molar-refractivity contribution is -0.120. The molecular weight excluding hydrogens is 342 g/mol. The summed E-state index contributed by atoms with van der Waals surface area (Å²) >= 11 is 3.45. The summed E-state index contributed by atoms with van der Waals surface area (Å²) in [5.74, 6) is 0.863. The van der Waals surface area contributed by atoms with Crippen LogP contribution in [0.2, 0.25) is 0 Å². The number of carbonyl (C=O) groups is 1. The average Bonchev–Trinajstić information content (AvgIpc) is 2.48. The highest BCUT2D eigenvalue weighted by Crippen LogP contribution is 2.18. The largest absolute Gasteiger partial charge is 0.491 e. The number of amides is 1. The van der Waals surface area contributed by atoms with Crippen molar-refractivity contribution in [3.8, 4) is 5.75 Å². The van der Waals surface area contributed by atoms with Crippen LogP contribution in [0.15, 0.2) is 46.9 Å². The second kappa shape index (κ2) is 7.99. The van der Waals surface area contributed by atoms with Crippen LogP contribution >= 0.6 is 15.9 Å². The molecule has 2 aromatic carbocycles. The number of ether oxygens (including phenoxy) is 1. The Hall–Kier alpha value is -1.81. The van der Waals surface area contributed by atoms with Gasteiger partial charge >= 0.3 is 0 Å². The zero-order valence-corrected chi connectivity index (χ0v) is 14.4. The van der Waals surface area contributed by atoms with Gasteiger partial charge in [-0.15, -0.1) is 0 Å². The second-order valence-electron chi connectivity index (χ2n) is 5.24. The summed E-state index contributed by atoms with van der Waals surface area (Å²) in [5.41, 5.74) is 3.31. The molecule has 0 bridgehead atoms. The number of hydrogen-bond acceptors (Lipinski definition) is 2. The SMILES string of the molecule is Cc1ccc(OCCNC(=O)Cc2ccccc2Br)c(C)c1. The maximum atomic E-state index is 11.9. The minimum absolute atomic E-state index is 0.00359. The van der Waals surface area contributed by atoms with E-state index in [1.165, 1.54) is 5.56 Å². The number of benzene rings is 2.